The van der Waals surface area contributed by atoms with Crippen LogP contribution in [0.3, 0.4) is 0 Å². The number of amides is 2. The number of H-pyrrole nitrogens is 1. The number of nitrogens with zero attached hydrogens (tertiary/aromatic N) is 4. The molecule has 1 aromatic carbocycles. The fraction of sp³-hybridized carbons (Fsp3) is 0.350. The summed E-state index contributed by atoms with van der Waals surface area (Å²) in [5.41, 5.74) is 2.85. The SMILES string of the molecule is COc1ccc(-c2[nH]ncc2CNC(=O)N2CCC[C@@H]2Cn2cccn2)cc1. The highest BCUT2D eigenvalue weighted by Crippen LogP contribution is 2.24. The van der Waals surface area contributed by atoms with Crippen LogP contribution in [0, 0.1) is 0 Å². The van der Waals surface area contributed by atoms with Crippen LogP contribution in [-0.2, 0) is 13.1 Å². The maximum Gasteiger partial charge on any atom is 0.317 e. The minimum Gasteiger partial charge on any atom is -0.497 e. The highest BCUT2D eigenvalue weighted by atomic mass is 16.5. The van der Waals surface area contributed by atoms with E-state index in [-0.39, 0.29) is 12.1 Å². The number of carbonyl (C=O) groups is 1. The molecular weight excluding hydrogens is 356 g/mol. The number of hydrogen-bond acceptors (Lipinski definition) is 4. The third-order valence-corrected chi connectivity index (χ3v) is 5.12. The van der Waals surface area contributed by atoms with Crippen LogP contribution in [0.15, 0.2) is 48.9 Å². The van der Waals surface area contributed by atoms with Gasteiger partial charge < -0.3 is 15.0 Å². The van der Waals surface area contributed by atoms with Crippen molar-refractivity contribution in [2.75, 3.05) is 13.7 Å². The first-order chi connectivity index (χ1) is 13.7. The highest BCUT2D eigenvalue weighted by molar-refractivity contribution is 5.75. The molecule has 2 amide bonds. The predicted octanol–water partition coefficient (Wildman–Crippen LogP) is 2.66. The molecule has 1 aliphatic heterocycles. The Morgan fingerprint density at radius 1 is 1.36 bits per heavy atom. The van der Waals surface area contributed by atoms with E-state index < -0.39 is 0 Å². The summed E-state index contributed by atoms with van der Waals surface area (Å²) in [4.78, 5) is 14.7. The molecule has 0 bridgehead atoms. The number of hydrogen-bond donors (Lipinski definition) is 2. The van der Waals surface area contributed by atoms with E-state index in [0.29, 0.717) is 6.54 Å². The van der Waals surface area contributed by atoms with Gasteiger partial charge in [-0.05, 0) is 43.2 Å². The van der Waals surface area contributed by atoms with Gasteiger partial charge in [-0.25, -0.2) is 4.79 Å². The smallest absolute Gasteiger partial charge is 0.317 e. The number of carbonyl (C=O) groups excluding carboxylic acids is 1. The van der Waals surface area contributed by atoms with Gasteiger partial charge >= 0.3 is 6.03 Å². The third-order valence-electron chi connectivity index (χ3n) is 5.12. The van der Waals surface area contributed by atoms with E-state index in [1.807, 2.05) is 46.1 Å². The Morgan fingerprint density at radius 3 is 2.96 bits per heavy atom. The number of urea groups is 1. The largest absolute Gasteiger partial charge is 0.497 e. The van der Waals surface area contributed by atoms with E-state index >= 15 is 0 Å². The van der Waals surface area contributed by atoms with Crippen LogP contribution < -0.4 is 10.1 Å². The summed E-state index contributed by atoms with van der Waals surface area (Å²) in [6, 6.07) is 9.78. The highest BCUT2D eigenvalue weighted by Gasteiger charge is 2.29. The molecule has 146 valence electrons. The Labute approximate surface area is 163 Å². The lowest BCUT2D eigenvalue weighted by atomic mass is 10.1. The van der Waals surface area contributed by atoms with Crippen molar-refractivity contribution in [1.29, 1.82) is 0 Å². The number of rotatable bonds is 6. The van der Waals surface area contributed by atoms with Crippen LogP contribution in [-0.4, -0.2) is 50.6 Å². The lowest BCUT2D eigenvalue weighted by Gasteiger charge is -2.25. The molecule has 1 atom stereocenters. The maximum atomic E-state index is 12.7. The van der Waals surface area contributed by atoms with Gasteiger partial charge in [0.25, 0.3) is 0 Å². The number of nitrogens with one attached hydrogen (secondary N) is 2. The number of methoxy groups -OCH3 is 1. The molecule has 0 unspecified atom stereocenters. The average Bonchev–Trinajstić information content (AvgIpc) is 3.48. The number of benzene rings is 1. The zero-order chi connectivity index (χ0) is 19.3. The van der Waals surface area contributed by atoms with Crippen molar-refractivity contribution < 1.29 is 9.53 Å². The first-order valence-corrected chi connectivity index (χ1v) is 9.43. The van der Waals surface area contributed by atoms with Gasteiger partial charge in [0.2, 0.25) is 0 Å². The molecule has 4 rings (SSSR count). The molecule has 3 heterocycles. The molecule has 1 saturated heterocycles. The lowest BCUT2D eigenvalue weighted by Crippen LogP contribution is -2.44. The van der Waals surface area contributed by atoms with E-state index in [4.69, 9.17) is 4.74 Å². The molecule has 1 aliphatic rings. The molecule has 3 aromatic rings. The van der Waals surface area contributed by atoms with E-state index in [2.05, 4.69) is 20.6 Å². The Hall–Kier alpha value is -3.29. The quantitative estimate of drug-likeness (QED) is 0.688. The Balaban J connectivity index is 1.39. The van der Waals surface area contributed by atoms with Crippen LogP contribution in [0.5, 0.6) is 5.75 Å². The number of likely N-dealkylation sites (tertiary alicyclic amines) is 1. The van der Waals surface area contributed by atoms with Crippen molar-refractivity contribution in [3.8, 4) is 17.0 Å². The minimum absolute atomic E-state index is 0.0449. The minimum atomic E-state index is -0.0449. The molecule has 2 aromatic heterocycles. The number of aromatic amines is 1. The summed E-state index contributed by atoms with van der Waals surface area (Å²) in [5.74, 6) is 0.801. The zero-order valence-electron chi connectivity index (χ0n) is 15.8. The summed E-state index contributed by atoms with van der Waals surface area (Å²) in [5, 5.41) is 14.5. The molecule has 28 heavy (non-hydrogen) atoms. The van der Waals surface area contributed by atoms with Crippen LogP contribution in [0.25, 0.3) is 11.3 Å². The van der Waals surface area contributed by atoms with Gasteiger partial charge in [-0.1, -0.05) is 0 Å². The second kappa shape index (κ2) is 8.16. The van der Waals surface area contributed by atoms with Crippen molar-refractivity contribution in [2.24, 2.45) is 0 Å². The van der Waals surface area contributed by atoms with Gasteiger partial charge in [0.15, 0.2) is 0 Å². The summed E-state index contributed by atoms with van der Waals surface area (Å²) >= 11 is 0. The van der Waals surface area contributed by atoms with Crippen molar-refractivity contribution >= 4 is 6.03 Å². The predicted molar refractivity (Wildman–Crippen MR) is 105 cm³/mol. The van der Waals surface area contributed by atoms with Crippen LogP contribution in [0.4, 0.5) is 4.79 Å². The number of aromatic nitrogens is 4. The van der Waals surface area contributed by atoms with Crippen molar-refractivity contribution in [3.63, 3.8) is 0 Å². The van der Waals surface area contributed by atoms with Gasteiger partial charge in [0.1, 0.15) is 5.75 Å². The summed E-state index contributed by atoms with van der Waals surface area (Å²) < 4.78 is 7.09. The summed E-state index contributed by atoms with van der Waals surface area (Å²) in [7, 11) is 1.64. The maximum absolute atomic E-state index is 12.7. The molecule has 0 spiro atoms. The Morgan fingerprint density at radius 2 is 2.21 bits per heavy atom. The van der Waals surface area contributed by atoms with E-state index in [9.17, 15) is 4.79 Å². The first kappa shape index (κ1) is 18.1. The average molecular weight is 380 g/mol. The number of ether oxygens (including phenoxy) is 1. The molecule has 0 radical (unpaired) electrons. The first-order valence-electron chi connectivity index (χ1n) is 9.43. The van der Waals surface area contributed by atoms with Crippen molar-refractivity contribution in [3.05, 3.63) is 54.5 Å². The molecule has 1 fully saturated rings. The van der Waals surface area contributed by atoms with Crippen molar-refractivity contribution in [2.45, 2.75) is 32.0 Å². The van der Waals surface area contributed by atoms with Gasteiger partial charge in [0, 0.05) is 36.6 Å². The van der Waals surface area contributed by atoms with Gasteiger partial charge in [-0.15, -0.1) is 0 Å². The van der Waals surface area contributed by atoms with Crippen molar-refractivity contribution in [1.82, 2.24) is 30.2 Å². The monoisotopic (exact) mass is 380 g/mol. The van der Waals surface area contributed by atoms with Gasteiger partial charge in [-0.2, -0.15) is 10.2 Å². The molecule has 8 heteroatoms. The zero-order valence-corrected chi connectivity index (χ0v) is 15.8. The Kier molecular flexibility index (Phi) is 5.27. The van der Waals surface area contributed by atoms with Gasteiger partial charge in [0.05, 0.1) is 31.6 Å². The normalized spacial score (nSPS) is 16.3. The lowest BCUT2D eigenvalue weighted by molar-refractivity contribution is 0.185. The fourth-order valence-electron chi connectivity index (χ4n) is 3.64. The van der Waals surface area contributed by atoms with E-state index in [1.54, 1.807) is 19.5 Å². The van der Waals surface area contributed by atoms with Crippen LogP contribution in [0.2, 0.25) is 0 Å². The standard InChI is InChI=1S/C20H24N6O2/c1-28-18-7-5-15(6-8-18)19-16(13-22-24-19)12-21-20(27)26-11-2-4-17(26)14-25-10-3-9-23-25/h3,5-10,13,17H,2,4,11-12,14H2,1H3,(H,21,27)(H,22,24)/t17-/m1/s1. The molecule has 0 saturated carbocycles. The molecule has 2 N–H and O–H groups in total. The second-order valence-electron chi connectivity index (χ2n) is 6.87. The molecule has 8 nitrogen and oxygen atoms in total. The Bertz CT molecular complexity index is 903. The third kappa shape index (κ3) is 3.85. The summed E-state index contributed by atoms with van der Waals surface area (Å²) in [6.07, 6.45) is 7.46. The van der Waals surface area contributed by atoms with Crippen LogP contribution >= 0.6 is 0 Å². The molecule has 0 aliphatic carbocycles. The second-order valence-corrected chi connectivity index (χ2v) is 6.87. The van der Waals surface area contributed by atoms with E-state index in [0.717, 1.165) is 48.5 Å². The fourth-order valence-corrected chi connectivity index (χ4v) is 3.64. The topological polar surface area (TPSA) is 88.1 Å². The summed E-state index contributed by atoms with van der Waals surface area (Å²) in [6.45, 7) is 1.92. The van der Waals surface area contributed by atoms with E-state index in [1.165, 1.54) is 0 Å². The molecular formula is C20H24N6O2. The van der Waals surface area contributed by atoms with Gasteiger partial charge in [-0.3, -0.25) is 9.78 Å². The van der Waals surface area contributed by atoms with Crippen LogP contribution in [0.1, 0.15) is 18.4 Å².